The lowest BCUT2D eigenvalue weighted by molar-refractivity contribution is -0.113. The smallest absolute Gasteiger partial charge is 0.234 e. The number of amides is 1. The molecule has 1 amide bonds. The van der Waals surface area contributed by atoms with Gasteiger partial charge < -0.3 is 19.4 Å². The fourth-order valence-electron chi connectivity index (χ4n) is 3.13. The summed E-state index contributed by atoms with van der Waals surface area (Å²) in [5.41, 5.74) is 2.89. The van der Waals surface area contributed by atoms with Gasteiger partial charge in [-0.3, -0.25) is 4.79 Å². The molecule has 0 radical (unpaired) electrons. The van der Waals surface area contributed by atoms with Crippen molar-refractivity contribution in [1.29, 1.82) is 0 Å². The summed E-state index contributed by atoms with van der Waals surface area (Å²) < 4.78 is 12.5. The van der Waals surface area contributed by atoms with Gasteiger partial charge in [0.25, 0.3) is 0 Å². The number of hydrogen-bond acceptors (Lipinski definition) is 6. The highest BCUT2D eigenvalue weighted by Crippen LogP contribution is 2.30. The zero-order chi connectivity index (χ0) is 22.4. The normalized spacial score (nSPS) is 10.9. The maximum absolute atomic E-state index is 12.5. The van der Waals surface area contributed by atoms with Crippen LogP contribution in [0.5, 0.6) is 11.5 Å². The van der Waals surface area contributed by atoms with Gasteiger partial charge in [0.2, 0.25) is 5.91 Å². The second-order valence-electron chi connectivity index (χ2n) is 7.23. The lowest BCUT2D eigenvalue weighted by Gasteiger charge is -2.12. The minimum atomic E-state index is -0.151. The number of ether oxygens (including phenoxy) is 2. The van der Waals surface area contributed by atoms with Crippen molar-refractivity contribution in [2.75, 3.05) is 25.3 Å². The van der Waals surface area contributed by atoms with Gasteiger partial charge in [-0.05, 0) is 30.5 Å². The van der Waals surface area contributed by atoms with Crippen LogP contribution in [-0.2, 0) is 11.3 Å². The third-order valence-corrected chi connectivity index (χ3v) is 5.85. The average molecular weight is 441 g/mol. The molecule has 0 unspecified atom stereocenters. The molecule has 0 atom stereocenters. The monoisotopic (exact) mass is 440 g/mol. The molecule has 0 aliphatic heterocycles. The first-order chi connectivity index (χ1) is 15.0. The first-order valence-electron chi connectivity index (χ1n) is 10.1. The number of aromatic nitrogens is 3. The molecule has 0 fully saturated rings. The van der Waals surface area contributed by atoms with Gasteiger partial charge in [-0.15, -0.1) is 10.2 Å². The van der Waals surface area contributed by atoms with Gasteiger partial charge in [0.1, 0.15) is 11.5 Å². The standard InChI is InChI=1S/C23H28N4O3S/c1-6-27-22(17-9-7-16(8-10-17)15(2)3)25-26-23(27)31-14-21(28)24-19-12-11-18(29-4)13-20(19)30-5/h7-13,15H,6,14H2,1-5H3,(H,24,28). The summed E-state index contributed by atoms with van der Waals surface area (Å²) in [6, 6.07) is 13.6. The van der Waals surface area contributed by atoms with E-state index in [9.17, 15) is 4.79 Å². The second kappa shape index (κ2) is 10.3. The number of methoxy groups -OCH3 is 2. The quantitative estimate of drug-likeness (QED) is 0.480. The Morgan fingerprint density at radius 3 is 2.45 bits per heavy atom. The Morgan fingerprint density at radius 2 is 1.84 bits per heavy atom. The molecule has 2 aromatic carbocycles. The van der Waals surface area contributed by atoms with Gasteiger partial charge in [-0.2, -0.15) is 0 Å². The number of thioether (sulfide) groups is 1. The van der Waals surface area contributed by atoms with Crippen LogP contribution in [0.2, 0.25) is 0 Å². The average Bonchev–Trinajstić information content (AvgIpc) is 3.20. The Labute approximate surface area is 187 Å². The molecule has 8 heteroatoms. The molecule has 0 aliphatic rings. The van der Waals surface area contributed by atoms with E-state index in [0.29, 0.717) is 34.8 Å². The fraction of sp³-hybridized carbons (Fsp3) is 0.348. The third-order valence-electron chi connectivity index (χ3n) is 4.88. The van der Waals surface area contributed by atoms with E-state index in [0.717, 1.165) is 11.4 Å². The Kier molecular flexibility index (Phi) is 7.57. The summed E-state index contributed by atoms with van der Waals surface area (Å²) in [6.07, 6.45) is 0. The Bertz CT molecular complexity index is 1030. The summed E-state index contributed by atoms with van der Waals surface area (Å²) in [6.45, 7) is 7.10. The molecule has 0 bridgehead atoms. The maximum atomic E-state index is 12.5. The number of nitrogens with one attached hydrogen (secondary N) is 1. The van der Waals surface area contributed by atoms with E-state index in [1.165, 1.54) is 17.3 Å². The van der Waals surface area contributed by atoms with Gasteiger partial charge >= 0.3 is 0 Å². The zero-order valence-corrected chi connectivity index (χ0v) is 19.3. The van der Waals surface area contributed by atoms with E-state index in [1.54, 1.807) is 32.4 Å². The van der Waals surface area contributed by atoms with Crippen LogP contribution in [0.3, 0.4) is 0 Å². The molecule has 31 heavy (non-hydrogen) atoms. The van der Waals surface area contributed by atoms with Crippen molar-refractivity contribution in [2.24, 2.45) is 0 Å². The maximum Gasteiger partial charge on any atom is 0.234 e. The first-order valence-corrected chi connectivity index (χ1v) is 11.1. The van der Waals surface area contributed by atoms with E-state index >= 15 is 0 Å². The highest BCUT2D eigenvalue weighted by Gasteiger charge is 2.16. The van der Waals surface area contributed by atoms with Crippen LogP contribution >= 0.6 is 11.8 Å². The van der Waals surface area contributed by atoms with E-state index in [1.807, 2.05) is 11.5 Å². The number of carbonyl (C=O) groups is 1. The van der Waals surface area contributed by atoms with Gasteiger partial charge in [0.15, 0.2) is 11.0 Å². The van der Waals surface area contributed by atoms with Crippen LogP contribution in [0.1, 0.15) is 32.3 Å². The Hall–Kier alpha value is -3.00. The fourth-order valence-corrected chi connectivity index (χ4v) is 3.93. The van der Waals surface area contributed by atoms with E-state index in [-0.39, 0.29) is 11.7 Å². The summed E-state index contributed by atoms with van der Waals surface area (Å²) in [5, 5.41) is 12.3. The van der Waals surface area contributed by atoms with Gasteiger partial charge in [-0.1, -0.05) is 49.9 Å². The highest BCUT2D eigenvalue weighted by molar-refractivity contribution is 7.99. The third kappa shape index (κ3) is 5.38. The number of benzene rings is 2. The molecule has 164 valence electrons. The van der Waals surface area contributed by atoms with Crippen LogP contribution in [0, 0.1) is 0 Å². The molecule has 0 saturated heterocycles. The largest absolute Gasteiger partial charge is 0.497 e. The van der Waals surface area contributed by atoms with Gasteiger partial charge in [0, 0.05) is 18.2 Å². The van der Waals surface area contributed by atoms with E-state index in [2.05, 4.69) is 53.6 Å². The first kappa shape index (κ1) is 22.7. The number of hydrogen-bond donors (Lipinski definition) is 1. The van der Waals surface area contributed by atoms with Crippen LogP contribution < -0.4 is 14.8 Å². The van der Waals surface area contributed by atoms with Crippen molar-refractivity contribution in [3.05, 3.63) is 48.0 Å². The molecule has 1 heterocycles. The molecule has 0 spiro atoms. The number of anilines is 1. The number of nitrogens with zero attached hydrogens (tertiary/aromatic N) is 3. The summed E-state index contributed by atoms with van der Waals surface area (Å²) in [4.78, 5) is 12.5. The zero-order valence-electron chi connectivity index (χ0n) is 18.5. The molecule has 0 aliphatic carbocycles. The van der Waals surface area contributed by atoms with Crippen molar-refractivity contribution in [3.63, 3.8) is 0 Å². The van der Waals surface area contributed by atoms with Crippen molar-refractivity contribution >= 4 is 23.4 Å². The lowest BCUT2D eigenvalue weighted by atomic mass is 10.0. The molecule has 7 nitrogen and oxygen atoms in total. The molecule has 3 rings (SSSR count). The molecule has 1 aromatic heterocycles. The van der Waals surface area contributed by atoms with Crippen LogP contribution in [0.25, 0.3) is 11.4 Å². The van der Waals surface area contributed by atoms with Gasteiger partial charge in [-0.25, -0.2) is 0 Å². The molecule has 1 N–H and O–H groups in total. The van der Waals surface area contributed by atoms with E-state index in [4.69, 9.17) is 9.47 Å². The van der Waals surface area contributed by atoms with Crippen LogP contribution in [-0.4, -0.2) is 40.6 Å². The molecule has 0 saturated carbocycles. The minimum Gasteiger partial charge on any atom is -0.497 e. The Morgan fingerprint density at radius 1 is 1.10 bits per heavy atom. The predicted molar refractivity (Wildman–Crippen MR) is 124 cm³/mol. The topological polar surface area (TPSA) is 78.3 Å². The minimum absolute atomic E-state index is 0.151. The van der Waals surface area contributed by atoms with Crippen molar-refractivity contribution < 1.29 is 14.3 Å². The predicted octanol–water partition coefficient (Wildman–Crippen LogP) is 4.84. The molecule has 3 aromatic rings. The summed E-state index contributed by atoms with van der Waals surface area (Å²) in [7, 11) is 3.14. The van der Waals surface area contributed by atoms with Crippen LogP contribution in [0.4, 0.5) is 5.69 Å². The summed E-state index contributed by atoms with van der Waals surface area (Å²) >= 11 is 1.36. The van der Waals surface area contributed by atoms with Crippen LogP contribution in [0.15, 0.2) is 47.6 Å². The highest BCUT2D eigenvalue weighted by atomic mass is 32.2. The van der Waals surface area contributed by atoms with E-state index < -0.39 is 0 Å². The number of rotatable bonds is 9. The van der Waals surface area contributed by atoms with Crippen molar-refractivity contribution in [1.82, 2.24) is 14.8 Å². The molecular formula is C23H28N4O3S. The Balaban J connectivity index is 1.69. The molecular weight excluding hydrogens is 412 g/mol. The lowest BCUT2D eigenvalue weighted by Crippen LogP contribution is -2.15. The van der Waals surface area contributed by atoms with Crippen molar-refractivity contribution in [3.8, 4) is 22.9 Å². The number of carbonyl (C=O) groups excluding carboxylic acids is 1. The SMILES string of the molecule is CCn1c(SCC(=O)Nc2ccc(OC)cc2OC)nnc1-c1ccc(C(C)C)cc1. The summed E-state index contributed by atoms with van der Waals surface area (Å²) in [5.74, 6) is 2.54. The second-order valence-corrected chi connectivity index (χ2v) is 8.17. The van der Waals surface area contributed by atoms with Gasteiger partial charge in [0.05, 0.1) is 25.7 Å². The van der Waals surface area contributed by atoms with Crippen molar-refractivity contribution in [2.45, 2.75) is 38.4 Å².